The topological polar surface area (TPSA) is 23.6 Å². The quantitative estimate of drug-likeness (QED) is 0.808. The van der Waals surface area contributed by atoms with Crippen molar-refractivity contribution >= 4 is 11.6 Å². The molecule has 0 spiro atoms. The summed E-state index contributed by atoms with van der Waals surface area (Å²) in [5.74, 6) is -0.640. The molecule has 22 heavy (non-hydrogen) atoms. The number of fused-ring (bicyclic) bond motifs is 3. The number of hydrogen-bond acceptors (Lipinski definition) is 2. The van der Waals surface area contributed by atoms with Crippen LogP contribution >= 0.6 is 0 Å². The maximum atomic E-state index is 13.8. The van der Waals surface area contributed by atoms with Crippen molar-refractivity contribution in [2.75, 3.05) is 24.5 Å². The fraction of sp³-hybridized carbons (Fsp3) is 0.278. The van der Waals surface area contributed by atoms with E-state index < -0.39 is 5.82 Å². The summed E-state index contributed by atoms with van der Waals surface area (Å²) in [6, 6.07) is 14.9. The fourth-order valence-corrected chi connectivity index (χ4v) is 3.55. The number of carbonyl (C=O) groups excluding carboxylic acids is 1. The molecule has 0 bridgehead atoms. The van der Waals surface area contributed by atoms with Crippen LogP contribution in [0.4, 0.5) is 10.1 Å². The Morgan fingerprint density at radius 3 is 2.68 bits per heavy atom. The molecule has 2 aromatic carbocycles. The lowest BCUT2D eigenvalue weighted by atomic mass is 10.1. The lowest BCUT2D eigenvalue weighted by molar-refractivity contribution is 0.0720. The molecule has 4 rings (SSSR count). The van der Waals surface area contributed by atoms with Crippen LogP contribution in [-0.4, -0.2) is 36.5 Å². The zero-order valence-corrected chi connectivity index (χ0v) is 12.2. The zero-order chi connectivity index (χ0) is 15.1. The first-order valence-corrected chi connectivity index (χ1v) is 7.62. The van der Waals surface area contributed by atoms with Crippen LogP contribution in [0, 0.1) is 5.82 Å². The number of carbonyl (C=O) groups is 1. The van der Waals surface area contributed by atoms with Gasteiger partial charge in [0.2, 0.25) is 0 Å². The summed E-state index contributed by atoms with van der Waals surface area (Å²) in [7, 11) is 0. The summed E-state index contributed by atoms with van der Waals surface area (Å²) < 4.78 is 13.8. The standard InChI is InChI=1S/C18H17FN2O/c19-16-7-3-2-6-15(16)18(22)20-9-10-21-14(12-20)11-13-5-1-4-8-17(13)21/h1-8,14H,9-12H2. The van der Waals surface area contributed by atoms with E-state index in [1.165, 1.54) is 17.3 Å². The van der Waals surface area contributed by atoms with E-state index in [0.29, 0.717) is 19.1 Å². The molecule has 1 unspecified atom stereocenters. The van der Waals surface area contributed by atoms with Crippen molar-refractivity contribution in [3.05, 3.63) is 65.5 Å². The number of benzene rings is 2. The molecule has 2 aliphatic rings. The minimum atomic E-state index is -0.440. The van der Waals surface area contributed by atoms with Crippen molar-refractivity contribution in [3.8, 4) is 0 Å². The summed E-state index contributed by atoms with van der Waals surface area (Å²) in [6.45, 7) is 2.10. The number of halogens is 1. The van der Waals surface area contributed by atoms with Gasteiger partial charge in [-0.2, -0.15) is 0 Å². The molecule has 0 radical (unpaired) electrons. The smallest absolute Gasteiger partial charge is 0.256 e. The Morgan fingerprint density at radius 1 is 1.05 bits per heavy atom. The van der Waals surface area contributed by atoms with E-state index in [9.17, 15) is 9.18 Å². The van der Waals surface area contributed by atoms with Crippen LogP contribution < -0.4 is 4.90 Å². The first-order chi connectivity index (χ1) is 10.7. The van der Waals surface area contributed by atoms with Gasteiger partial charge in [0.1, 0.15) is 5.82 Å². The Kier molecular flexibility index (Phi) is 3.10. The highest BCUT2D eigenvalue weighted by Crippen LogP contribution is 2.34. The lowest BCUT2D eigenvalue weighted by Gasteiger charge is -2.39. The Balaban J connectivity index is 1.55. The molecule has 1 amide bonds. The van der Waals surface area contributed by atoms with Crippen LogP contribution in [0.15, 0.2) is 48.5 Å². The van der Waals surface area contributed by atoms with Crippen LogP contribution in [0.1, 0.15) is 15.9 Å². The first-order valence-electron chi connectivity index (χ1n) is 7.62. The van der Waals surface area contributed by atoms with E-state index in [1.807, 2.05) is 0 Å². The van der Waals surface area contributed by atoms with E-state index in [4.69, 9.17) is 0 Å². The summed E-state index contributed by atoms with van der Waals surface area (Å²) in [4.78, 5) is 16.7. The summed E-state index contributed by atoms with van der Waals surface area (Å²) in [5, 5.41) is 0. The first kappa shape index (κ1) is 13.3. The van der Waals surface area contributed by atoms with Gasteiger partial charge in [0.25, 0.3) is 5.91 Å². The van der Waals surface area contributed by atoms with Crippen molar-refractivity contribution in [1.82, 2.24) is 4.90 Å². The van der Waals surface area contributed by atoms with Crippen molar-refractivity contribution in [2.24, 2.45) is 0 Å². The van der Waals surface area contributed by atoms with Gasteiger partial charge in [0.05, 0.1) is 11.6 Å². The molecule has 1 saturated heterocycles. The molecule has 1 fully saturated rings. The molecule has 0 aromatic heterocycles. The summed E-state index contributed by atoms with van der Waals surface area (Å²) >= 11 is 0. The van der Waals surface area contributed by atoms with E-state index >= 15 is 0 Å². The van der Waals surface area contributed by atoms with Crippen molar-refractivity contribution in [3.63, 3.8) is 0 Å². The SMILES string of the molecule is O=C(c1ccccc1F)N1CCN2c3ccccc3CC2C1. The number of para-hydroxylation sites is 1. The third-order valence-corrected chi connectivity index (χ3v) is 4.63. The van der Waals surface area contributed by atoms with E-state index in [1.54, 1.807) is 23.1 Å². The molecule has 4 heteroatoms. The molecular formula is C18H17FN2O. The van der Waals surface area contributed by atoms with E-state index in [2.05, 4.69) is 29.2 Å². The van der Waals surface area contributed by atoms with Gasteiger partial charge in [0.15, 0.2) is 0 Å². The van der Waals surface area contributed by atoms with Crippen LogP contribution in [0.25, 0.3) is 0 Å². The molecule has 2 aromatic rings. The molecule has 0 saturated carbocycles. The average Bonchev–Trinajstić information content (AvgIpc) is 2.92. The molecular weight excluding hydrogens is 279 g/mol. The third-order valence-electron chi connectivity index (χ3n) is 4.63. The monoisotopic (exact) mass is 296 g/mol. The average molecular weight is 296 g/mol. The predicted molar refractivity (Wildman–Crippen MR) is 83.6 cm³/mol. The maximum Gasteiger partial charge on any atom is 0.256 e. The number of nitrogens with zero attached hydrogens (tertiary/aromatic N) is 2. The highest BCUT2D eigenvalue weighted by atomic mass is 19.1. The molecule has 2 heterocycles. The second kappa shape index (κ2) is 5.13. The highest BCUT2D eigenvalue weighted by Gasteiger charge is 2.35. The van der Waals surface area contributed by atoms with E-state index in [-0.39, 0.29) is 11.5 Å². The van der Waals surface area contributed by atoms with Gasteiger partial charge in [-0.1, -0.05) is 30.3 Å². The number of amides is 1. The van der Waals surface area contributed by atoms with Gasteiger partial charge in [-0.3, -0.25) is 4.79 Å². The van der Waals surface area contributed by atoms with Crippen LogP contribution in [0.5, 0.6) is 0 Å². The van der Waals surface area contributed by atoms with Crippen molar-refractivity contribution in [1.29, 1.82) is 0 Å². The number of hydrogen-bond donors (Lipinski definition) is 0. The normalized spacial score (nSPS) is 19.8. The fourth-order valence-electron chi connectivity index (χ4n) is 3.55. The van der Waals surface area contributed by atoms with Crippen LogP contribution in [0.3, 0.4) is 0 Å². The summed E-state index contributed by atoms with van der Waals surface area (Å²) in [5.41, 5.74) is 2.80. The minimum absolute atomic E-state index is 0.173. The molecule has 0 N–H and O–H groups in total. The highest BCUT2D eigenvalue weighted by molar-refractivity contribution is 5.94. The molecule has 0 aliphatic carbocycles. The number of anilines is 1. The summed E-state index contributed by atoms with van der Waals surface area (Å²) in [6.07, 6.45) is 0.956. The molecule has 1 atom stereocenters. The second-order valence-electron chi connectivity index (χ2n) is 5.91. The molecule has 112 valence electrons. The van der Waals surface area contributed by atoms with Crippen molar-refractivity contribution in [2.45, 2.75) is 12.5 Å². The number of piperazine rings is 1. The molecule has 3 nitrogen and oxygen atoms in total. The minimum Gasteiger partial charge on any atom is -0.364 e. The Labute approximate surface area is 129 Å². The Bertz CT molecular complexity index is 731. The second-order valence-corrected chi connectivity index (χ2v) is 5.91. The zero-order valence-electron chi connectivity index (χ0n) is 12.2. The van der Waals surface area contributed by atoms with Gasteiger partial charge in [0, 0.05) is 25.3 Å². The van der Waals surface area contributed by atoms with Crippen LogP contribution in [-0.2, 0) is 6.42 Å². The third kappa shape index (κ3) is 2.06. The molecule has 2 aliphatic heterocycles. The largest absolute Gasteiger partial charge is 0.364 e. The van der Waals surface area contributed by atoms with Crippen LogP contribution in [0.2, 0.25) is 0 Å². The Hall–Kier alpha value is -2.36. The van der Waals surface area contributed by atoms with E-state index in [0.717, 1.165) is 13.0 Å². The maximum absolute atomic E-state index is 13.8. The Morgan fingerprint density at radius 2 is 1.82 bits per heavy atom. The predicted octanol–water partition coefficient (Wildman–Crippen LogP) is 2.71. The lowest BCUT2D eigenvalue weighted by Crippen LogP contribution is -2.53. The van der Waals surface area contributed by atoms with Crippen molar-refractivity contribution < 1.29 is 9.18 Å². The van der Waals surface area contributed by atoms with Gasteiger partial charge >= 0.3 is 0 Å². The van der Waals surface area contributed by atoms with Gasteiger partial charge in [-0.15, -0.1) is 0 Å². The van der Waals surface area contributed by atoms with Gasteiger partial charge in [-0.05, 0) is 30.2 Å². The van der Waals surface area contributed by atoms with Gasteiger partial charge in [-0.25, -0.2) is 4.39 Å². The number of rotatable bonds is 1. The van der Waals surface area contributed by atoms with Gasteiger partial charge < -0.3 is 9.80 Å².